The number of unbranched alkanes of at least 4 members (excludes halogenated alkanes) is 2. The average Bonchev–Trinajstić information content (AvgIpc) is 2.93. The van der Waals surface area contributed by atoms with Crippen LogP contribution in [0.1, 0.15) is 52.5 Å². The van der Waals surface area contributed by atoms with Crippen LogP contribution < -0.4 is 11.2 Å². The molecule has 0 aliphatic carbocycles. The fraction of sp³-hybridized carbons (Fsp3) is 0.556. The van der Waals surface area contributed by atoms with Gasteiger partial charge in [0.15, 0.2) is 16.9 Å². The van der Waals surface area contributed by atoms with Crippen LogP contribution in [-0.2, 0) is 18.9 Å². The number of carbonyl (C=O) groups excluding carboxylic acids is 1. The summed E-state index contributed by atoms with van der Waals surface area (Å²) in [6.07, 6.45) is 6.20. The monoisotopic (exact) mass is 346 g/mol. The molecule has 1 atom stereocenters. The average molecular weight is 346 g/mol. The van der Waals surface area contributed by atoms with Gasteiger partial charge in [-0.15, -0.1) is 0 Å². The Morgan fingerprint density at radius 3 is 2.52 bits per heavy atom. The van der Waals surface area contributed by atoms with Crippen molar-refractivity contribution in [2.75, 3.05) is 0 Å². The van der Waals surface area contributed by atoms with Crippen LogP contribution >= 0.6 is 0 Å². The van der Waals surface area contributed by atoms with E-state index in [1.165, 1.54) is 17.0 Å². The van der Waals surface area contributed by atoms with Gasteiger partial charge in [0, 0.05) is 14.1 Å². The Hall–Kier alpha value is -2.44. The molecule has 0 saturated carbocycles. The lowest BCUT2D eigenvalue weighted by molar-refractivity contribution is -0.118. The van der Waals surface area contributed by atoms with Crippen molar-refractivity contribution < 1.29 is 4.79 Å². The molecule has 7 nitrogen and oxygen atoms in total. The molecular formula is C18H26N4O3. The van der Waals surface area contributed by atoms with Crippen molar-refractivity contribution in [2.45, 2.75) is 52.5 Å². The van der Waals surface area contributed by atoms with Crippen LogP contribution in [0.5, 0.6) is 0 Å². The summed E-state index contributed by atoms with van der Waals surface area (Å²) in [5, 5.41) is 0. The van der Waals surface area contributed by atoms with E-state index in [4.69, 9.17) is 0 Å². The number of fused-ring (bicyclic) bond motifs is 1. The Bertz CT molecular complexity index is 926. The molecule has 136 valence electrons. The lowest BCUT2D eigenvalue weighted by Crippen LogP contribution is -2.44. The third-order valence-corrected chi connectivity index (χ3v) is 4.30. The summed E-state index contributed by atoms with van der Waals surface area (Å²) in [5.41, 5.74) is 0.531. The van der Waals surface area contributed by atoms with Crippen molar-refractivity contribution in [1.82, 2.24) is 18.7 Å². The van der Waals surface area contributed by atoms with Crippen molar-refractivity contribution in [3.8, 4) is 0 Å². The highest BCUT2D eigenvalue weighted by molar-refractivity contribution is 5.93. The third kappa shape index (κ3) is 3.65. The van der Waals surface area contributed by atoms with E-state index in [0.717, 1.165) is 29.4 Å². The Balaban J connectivity index is 2.69. The minimum Gasteiger partial charge on any atom is -0.328 e. The van der Waals surface area contributed by atoms with Gasteiger partial charge < -0.3 is 4.57 Å². The second-order valence-corrected chi connectivity index (χ2v) is 6.68. The van der Waals surface area contributed by atoms with E-state index in [0.29, 0.717) is 17.6 Å². The van der Waals surface area contributed by atoms with Crippen molar-refractivity contribution in [2.24, 2.45) is 14.1 Å². The van der Waals surface area contributed by atoms with Gasteiger partial charge in [0.2, 0.25) is 0 Å². The first-order valence-corrected chi connectivity index (χ1v) is 8.60. The van der Waals surface area contributed by atoms with E-state index in [9.17, 15) is 14.4 Å². The first-order valence-electron chi connectivity index (χ1n) is 8.60. The van der Waals surface area contributed by atoms with Gasteiger partial charge in [0.25, 0.3) is 5.56 Å². The van der Waals surface area contributed by atoms with E-state index >= 15 is 0 Å². The maximum Gasteiger partial charge on any atom is 0.333 e. The first-order chi connectivity index (χ1) is 11.8. The maximum absolute atomic E-state index is 13.0. The zero-order valence-electron chi connectivity index (χ0n) is 15.6. The molecule has 0 amide bonds. The van der Waals surface area contributed by atoms with Gasteiger partial charge in [-0.25, -0.2) is 14.3 Å². The largest absolute Gasteiger partial charge is 0.333 e. The van der Waals surface area contributed by atoms with Crippen LogP contribution in [0.25, 0.3) is 11.2 Å². The fourth-order valence-electron chi connectivity index (χ4n) is 3.00. The summed E-state index contributed by atoms with van der Waals surface area (Å²) < 4.78 is 4.02. The van der Waals surface area contributed by atoms with Gasteiger partial charge in [-0.3, -0.25) is 14.2 Å². The first kappa shape index (κ1) is 18.9. The molecular weight excluding hydrogens is 320 g/mol. The minimum atomic E-state index is -0.785. The van der Waals surface area contributed by atoms with Crippen LogP contribution in [-0.4, -0.2) is 24.5 Å². The highest BCUT2D eigenvalue weighted by Gasteiger charge is 2.25. The molecule has 7 heteroatoms. The molecule has 0 aliphatic heterocycles. The summed E-state index contributed by atoms with van der Waals surface area (Å²) in [6, 6.07) is -0.785. The number of nitrogens with zero attached hydrogens (tertiary/aromatic N) is 4. The molecule has 0 radical (unpaired) electrons. The molecule has 2 aromatic heterocycles. The molecule has 0 aliphatic rings. The summed E-state index contributed by atoms with van der Waals surface area (Å²) in [6.45, 7) is 5.72. The number of aryl methyl sites for hydroxylation is 2. The second-order valence-electron chi connectivity index (χ2n) is 6.68. The zero-order chi connectivity index (χ0) is 18.7. The molecule has 2 rings (SSSR count). The second kappa shape index (κ2) is 7.63. The van der Waals surface area contributed by atoms with Crippen LogP contribution in [0, 0.1) is 0 Å². The Morgan fingerprint density at radius 1 is 1.24 bits per heavy atom. The highest BCUT2D eigenvalue weighted by atomic mass is 16.2. The summed E-state index contributed by atoms with van der Waals surface area (Å²) >= 11 is 0. The van der Waals surface area contributed by atoms with Gasteiger partial charge in [-0.2, -0.15) is 0 Å². The standard InChI is InChI=1S/C18H26N4O3/c1-6-7-8-9-13(14(23)10-12(2)3)22-17(24)15-16(19-11-20(15)4)21(5)18(22)25/h10-11,13H,6-9H2,1-5H3. The van der Waals surface area contributed by atoms with E-state index in [1.807, 2.05) is 13.8 Å². The SMILES string of the molecule is CCCCCC(C(=O)C=C(C)C)n1c(=O)c2c(ncn2C)n(C)c1=O. The van der Waals surface area contributed by atoms with Gasteiger partial charge in [0.05, 0.1) is 6.33 Å². The smallest absolute Gasteiger partial charge is 0.328 e. The van der Waals surface area contributed by atoms with E-state index in [1.54, 1.807) is 18.7 Å². The number of hydrogen-bond donors (Lipinski definition) is 0. The number of rotatable bonds is 7. The topological polar surface area (TPSA) is 78.9 Å². The molecule has 0 spiro atoms. The quantitative estimate of drug-likeness (QED) is 0.568. The predicted octanol–water partition coefficient (Wildman–Crippen LogP) is 2.09. The van der Waals surface area contributed by atoms with Crippen LogP contribution in [0.3, 0.4) is 0 Å². The van der Waals surface area contributed by atoms with Crippen molar-refractivity contribution in [1.29, 1.82) is 0 Å². The lowest BCUT2D eigenvalue weighted by Gasteiger charge is -2.18. The van der Waals surface area contributed by atoms with Gasteiger partial charge >= 0.3 is 5.69 Å². The molecule has 0 saturated heterocycles. The maximum atomic E-state index is 13.0. The molecule has 0 bridgehead atoms. The lowest BCUT2D eigenvalue weighted by atomic mass is 10.0. The van der Waals surface area contributed by atoms with Gasteiger partial charge in [0.1, 0.15) is 6.04 Å². The number of ketones is 1. The number of hydrogen-bond acceptors (Lipinski definition) is 4. The number of allylic oxidation sites excluding steroid dienone is 2. The molecule has 2 aromatic rings. The number of aromatic nitrogens is 4. The summed E-state index contributed by atoms with van der Waals surface area (Å²) in [4.78, 5) is 42.6. The van der Waals surface area contributed by atoms with Crippen molar-refractivity contribution in [3.63, 3.8) is 0 Å². The Labute approximate surface area is 146 Å². The number of carbonyl (C=O) groups is 1. The molecule has 1 unspecified atom stereocenters. The van der Waals surface area contributed by atoms with Crippen LogP contribution in [0.2, 0.25) is 0 Å². The van der Waals surface area contributed by atoms with Crippen LogP contribution in [0.15, 0.2) is 27.6 Å². The minimum absolute atomic E-state index is 0.211. The van der Waals surface area contributed by atoms with Gasteiger partial charge in [-0.1, -0.05) is 31.8 Å². The Kier molecular flexibility index (Phi) is 5.77. The summed E-state index contributed by atoms with van der Waals surface area (Å²) in [5.74, 6) is -0.211. The van der Waals surface area contributed by atoms with Crippen LogP contribution in [0.4, 0.5) is 0 Å². The van der Waals surface area contributed by atoms with Gasteiger partial charge in [-0.05, 0) is 26.3 Å². The number of imidazole rings is 1. The van der Waals surface area contributed by atoms with Crippen molar-refractivity contribution in [3.05, 3.63) is 38.8 Å². The summed E-state index contributed by atoms with van der Waals surface area (Å²) in [7, 11) is 3.28. The highest BCUT2D eigenvalue weighted by Crippen LogP contribution is 2.17. The van der Waals surface area contributed by atoms with E-state index < -0.39 is 17.3 Å². The Morgan fingerprint density at radius 2 is 1.92 bits per heavy atom. The fourth-order valence-corrected chi connectivity index (χ4v) is 3.00. The molecule has 0 fully saturated rings. The molecule has 2 heterocycles. The predicted molar refractivity (Wildman–Crippen MR) is 97.8 cm³/mol. The molecule has 25 heavy (non-hydrogen) atoms. The van der Waals surface area contributed by atoms with Crippen molar-refractivity contribution >= 4 is 16.9 Å². The molecule has 0 aromatic carbocycles. The van der Waals surface area contributed by atoms with E-state index in [2.05, 4.69) is 11.9 Å². The zero-order valence-corrected chi connectivity index (χ0v) is 15.6. The molecule has 0 N–H and O–H groups in total. The third-order valence-electron chi connectivity index (χ3n) is 4.30. The normalized spacial score (nSPS) is 12.4. The van der Waals surface area contributed by atoms with E-state index in [-0.39, 0.29) is 5.78 Å².